The lowest BCUT2D eigenvalue weighted by molar-refractivity contribution is -0.124. The van der Waals surface area contributed by atoms with Crippen LogP contribution in [0.4, 0.5) is 0 Å². The summed E-state index contributed by atoms with van der Waals surface area (Å²) >= 11 is 0. The van der Waals surface area contributed by atoms with E-state index in [-0.39, 0.29) is 43.1 Å². The number of ether oxygens (including phenoxy) is 1. The van der Waals surface area contributed by atoms with E-state index in [1.54, 1.807) is 25.8 Å². The Hall–Kier alpha value is -2.75. The van der Waals surface area contributed by atoms with Gasteiger partial charge in [0.05, 0.1) is 24.0 Å². The molecular weight excluding hydrogens is 342 g/mol. The third-order valence-electron chi connectivity index (χ3n) is 4.53. The molecule has 2 atom stereocenters. The Morgan fingerprint density at radius 2 is 2.04 bits per heavy atom. The number of hydrogen-bond acceptors (Lipinski definition) is 8. The van der Waals surface area contributed by atoms with Gasteiger partial charge in [0.2, 0.25) is 11.8 Å². The summed E-state index contributed by atoms with van der Waals surface area (Å²) in [6, 6.07) is 0. The van der Waals surface area contributed by atoms with Crippen LogP contribution in [-0.2, 0) is 16.1 Å². The van der Waals surface area contributed by atoms with Crippen molar-refractivity contribution >= 4 is 11.8 Å². The Kier molecular flexibility index (Phi) is 5.03. The highest BCUT2D eigenvalue weighted by atomic mass is 16.5. The molecule has 1 N–H and O–H groups in total. The number of amides is 2. The third kappa shape index (κ3) is 3.19. The minimum absolute atomic E-state index is 0.186. The van der Waals surface area contributed by atoms with Crippen molar-refractivity contribution in [3.05, 3.63) is 28.7 Å². The molecule has 0 bridgehead atoms. The lowest BCUT2D eigenvalue weighted by Gasteiger charge is -2.15. The van der Waals surface area contributed by atoms with E-state index in [0.29, 0.717) is 23.0 Å². The van der Waals surface area contributed by atoms with Crippen LogP contribution in [0.5, 0.6) is 0 Å². The number of rotatable bonds is 5. The summed E-state index contributed by atoms with van der Waals surface area (Å²) in [5, 5.41) is 10.3. The first-order valence-corrected chi connectivity index (χ1v) is 8.21. The summed E-state index contributed by atoms with van der Waals surface area (Å²) in [7, 11) is 3.09. The molecule has 1 saturated heterocycles. The van der Waals surface area contributed by atoms with Gasteiger partial charge in [-0.15, -0.1) is 0 Å². The van der Waals surface area contributed by atoms with Crippen molar-refractivity contribution in [2.45, 2.75) is 26.4 Å². The standard InChI is InChI=1S/C16H21N5O5/c1-8-12(7-24-4)13(20-25-8)16(23)21-5-10(14(22)17-3)11(6-21)15-18-9(2)19-26-15/h10-11H,5-7H2,1-4H3,(H,17,22)/t10-,11-/m1/s1. The molecule has 1 aliphatic rings. The molecule has 0 radical (unpaired) electrons. The van der Waals surface area contributed by atoms with Crippen LogP contribution in [0.2, 0.25) is 0 Å². The van der Waals surface area contributed by atoms with E-state index in [1.807, 2.05) is 0 Å². The Morgan fingerprint density at radius 1 is 1.27 bits per heavy atom. The average Bonchev–Trinajstić information content (AvgIpc) is 3.33. The van der Waals surface area contributed by atoms with Crippen LogP contribution in [-0.4, -0.2) is 59.3 Å². The molecule has 2 aromatic rings. The van der Waals surface area contributed by atoms with Gasteiger partial charge < -0.3 is 24.0 Å². The first-order valence-electron chi connectivity index (χ1n) is 8.21. The van der Waals surface area contributed by atoms with Crippen molar-refractivity contribution in [2.75, 3.05) is 27.2 Å². The summed E-state index contributed by atoms with van der Waals surface area (Å²) < 4.78 is 15.5. The molecule has 0 saturated carbocycles. The fraction of sp³-hybridized carbons (Fsp3) is 0.562. The Balaban J connectivity index is 1.87. The second-order valence-electron chi connectivity index (χ2n) is 6.22. The second-order valence-corrected chi connectivity index (χ2v) is 6.22. The number of carbonyl (C=O) groups excluding carboxylic acids is 2. The molecule has 2 aromatic heterocycles. The number of likely N-dealkylation sites (tertiary alicyclic amines) is 1. The van der Waals surface area contributed by atoms with Gasteiger partial charge >= 0.3 is 0 Å². The van der Waals surface area contributed by atoms with Crippen LogP contribution < -0.4 is 5.32 Å². The topological polar surface area (TPSA) is 124 Å². The smallest absolute Gasteiger partial charge is 0.276 e. The van der Waals surface area contributed by atoms with Crippen molar-refractivity contribution in [2.24, 2.45) is 5.92 Å². The van der Waals surface area contributed by atoms with Crippen molar-refractivity contribution in [1.29, 1.82) is 0 Å². The number of aromatic nitrogens is 3. The number of nitrogens with zero attached hydrogens (tertiary/aromatic N) is 4. The first-order chi connectivity index (χ1) is 12.5. The minimum Gasteiger partial charge on any atom is -0.380 e. The molecule has 2 amide bonds. The van der Waals surface area contributed by atoms with E-state index in [0.717, 1.165) is 0 Å². The molecular formula is C16H21N5O5. The van der Waals surface area contributed by atoms with Crippen molar-refractivity contribution in [1.82, 2.24) is 25.5 Å². The Morgan fingerprint density at radius 3 is 2.65 bits per heavy atom. The zero-order valence-corrected chi connectivity index (χ0v) is 15.1. The van der Waals surface area contributed by atoms with Gasteiger partial charge in [-0.05, 0) is 13.8 Å². The molecule has 26 heavy (non-hydrogen) atoms. The first kappa shape index (κ1) is 18.1. The van der Waals surface area contributed by atoms with Crippen LogP contribution in [0.1, 0.15) is 39.4 Å². The average molecular weight is 363 g/mol. The zero-order valence-electron chi connectivity index (χ0n) is 15.1. The van der Waals surface area contributed by atoms with E-state index in [2.05, 4.69) is 20.6 Å². The lowest BCUT2D eigenvalue weighted by Crippen LogP contribution is -2.34. The zero-order chi connectivity index (χ0) is 18.8. The van der Waals surface area contributed by atoms with E-state index >= 15 is 0 Å². The van der Waals surface area contributed by atoms with Crippen molar-refractivity contribution < 1.29 is 23.4 Å². The predicted molar refractivity (Wildman–Crippen MR) is 87.2 cm³/mol. The SMILES string of the molecule is CNC(=O)[C@@H]1CN(C(=O)c2noc(C)c2COC)C[C@H]1c1nc(C)no1. The number of aryl methyl sites for hydroxylation is 2. The number of hydrogen-bond donors (Lipinski definition) is 1. The fourth-order valence-corrected chi connectivity index (χ4v) is 3.16. The van der Waals surface area contributed by atoms with Crippen molar-refractivity contribution in [3.63, 3.8) is 0 Å². The normalized spacial score (nSPS) is 19.8. The molecule has 10 heteroatoms. The van der Waals surface area contributed by atoms with E-state index in [9.17, 15) is 9.59 Å². The highest BCUT2D eigenvalue weighted by Gasteiger charge is 2.44. The Bertz CT molecular complexity index is 814. The maximum Gasteiger partial charge on any atom is 0.276 e. The molecule has 3 rings (SSSR count). The quantitative estimate of drug-likeness (QED) is 0.811. The molecule has 3 heterocycles. The largest absolute Gasteiger partial charge is 0.380 e. The van der Waals surface area contributed by atoms with Gasteiger partial charge in [0.15, 0.2) is 11.5 Å². The van der Waals surface area contributed by atoms with Gasteiger partial charge in [0, 0.05) is 27.2 Å². The maximum absolute atomic E-state index is 12.9. The molecule has 0 spiro atoms. The molecule has 10 nitrogen and oxygen atoms in total. The fourth-order valence-electron chi connectivity index (χ4n) is 3.16. The van der Waals surface area contributed by atoms with Crippen LogP contribution in [0.15, 0.2) is 9.05 Å². The van der Waals surface area contributed by atoms with Gasteiger partial charge in [0.1, 0.15) is 5.76 Å². The molecule has 0 unspecified atom stereocenters. The molecule has 1 aliphatic heterocycles. The molecule has 1 fully saturated rings. The van der Waals surface area contributed by atoms with Crippen LogP contribution in [0, 0.1) is 19.8 Å². The molecule has 0 aliphatic carbocycles. The van der Waals surface area contributed by atoms with Crippen LogP contribution in [0.3, 0.4) is 0 Å². The van der Waals surface area contributed by atoms with Gasteiger partial charge in [0.25, 0.3) is 5.91 Å². The maximum atomic E-state index is 12.9. The van der Waals surface area contributed by atoms with E-state index in [4.69, 9.17) is 13.8 Å². The monoisotopic (exact) mass is 363 g/mol. The lowest BCUT2D eigenvalue weighted by atomic mass is 9.95. The summed E-state index contributed by atoms with van der Waals surface area (Å²) in [4.78, 5) is 31.0. The summed E-state index contributed by atoms with van der Waals surface area (Å²) in [6.45, 7) is 4.14. The number of methoxy groups -OCH3 is 1. The van der Waals surface area contributed by atoms with Gasteiger partial charge in [-0.25, -0.2) is 0 Å². The second kappa shape index (κ2) is 7.24. The number of nitrogens with one attached hydrogen (secondary N) is 1. The summed E-state index contributed by atoms with van der Waals surface area (Å²) in [5.41, 5.74) is 0.799. The molecule has 0 aromatic carbocycles. The molecule has 140 valence electrons. The van der Waals surface area contributed by atoms with Gasteiger partial charge in [-0.2, -0.15) is 4.98 Å². The highest BCUT2D eigenvalue weighted by molar-refractivity contribution is 5.94. The minimum atomic E-state index is -0.484. The third-order valence-corrected chi connectivity index (χ3v) is 4.53. The van der Waals surface area contributed by atoms with E-state index in [1.165, 1.54) is 7.11 Å². The highest BCUT2D eigenvalue weighted by Crippen LogP contribution is 2.33. The van der Waals surface area contributed by atoms with E-state index < -0.39 is 5.92 Å². The van der Waals surface area contributed by atoms with Gasteiger partial charge in [-0.3, -0.25) is 9.59 Å². The van der Waals surface area contributed by atoms with Gasteiger partial charge in [-0.1, -0.05) is 10.3 Å². The number of carbonyl (C=O) groups is 2. The summed E-state index contributed by atoms with van der Waals surface area (Å²) in [6.07, 6.45) is 0. The van der Waals surface area contributed by atoms with Crippen LogP contribution >= 0.6 is 0 Å². The summed E-state index contributed by atoms with van der Waals surface area (Å²) in [5.74, 6) is -0.00565. The van der Waals surface area contributed by atoms with Crippen molar-refractivity contribution in [3.8, 4) is 0 Å². The predicted octanol–water partition coefficient (Wildman–Crippen LogP) is 0.423. The Labute approximate surface area is 149 Å². The van der Waals surface area contributed by atoms with Crippen LogP contribution in [0.25, 0.3) is 0 Å².